The summed E-state index contributed by atoms with van der Waals surface area (Å²) >= 11 is 1.52. The Labute approximate surface area is 97.1 Å². The predicted molar refractivity (Wildman–Crippen MR) is 60.6 cm³/mol. The van der Waals surface area contributed by atoms with Gasteiger partial charge in [-0.25, -0.2) is 4.79 Å². The quantitative estimate of drug-likeness (QED) is 0.805. The highest BCUT2D eigenvalue weighted by atomic mass is 32.1. The molecule has 1 aromatic heterocycles. The molecular weight excluding hydrogens is 228 g/mol. The van der Waals surface area contributed by atoms with Crippen molar-refractivity contribution in [1.82, 2.24) is 0 Å². The van der Waals surface area contributed by atoms with Gasteiger partial charge in [0.2, 0.25) is 6.35 Å². The summed E-state index contributed by atoms with van der Waals surface area (Å²) in [5.41, 5.74) is 6.90. The number of carbonyl (C=O) groups is 1. The predicted octanol–water partition coefficient (Wildman–Crippen LogP) is 1.23. The van der Waals surface area contributed by atoms with Gasteiger partial charge in [-0.05, 0) is 18.4 Å². The van der Waals surface area contributed by atoms with Gasteiger partial charge < -0.3 is 9.47 Å². The monoisotopic (exact) mass is 240 g/mol. The molecule has 86 valence electrons. The van der Waals surface area contributed by atoms with Crippen molar-refractivity contribution in [3.63, 3.8) is 0 Å². The first-order valence-electron chi connectivity index (χ1n) is 4.83. The number of carbonyl (C=O) groups excluding carboxylic acids is 1. The van der Waals surface area contributed by atoms with Crippen molar-refractivity contribution in [2.45, 2.75) is 13.3 Å². The summed E-state index contributed by atoms with van der Waals surface area (Å²) in [7, 11) is 0. The lowest BCUT2D eigenvalue weighted by atomic mass is 10.3. The van der Waals surface area contributed by atoms with E-state index in [9.17, 15) is 4.79 Å². The zero-order valence-electron chi connectivity index (χ0n) is 8.75. The van der Waals surface area contributed by atoms with Crippen LogP contribution in [0.2, 0.25) is 0 Å². The number of thiophene rings is 1. The Bertz CT molecular complexity index is 402. The lowest BCUT2D eigenvalue weighted by Gasteiger charge is -2.22. The summed E-state index contributed by atoms with van der Waals surface area (Å²) in [5.74, 6) is -0.429. The molecule has 0 fully saturated rings. The van der Waals surface area contributed by atoms with Crippen LogP contribution in [-0.2, 0) is 14.3 Å². The number of nitrogens with zero attached hydrogens (tertiary/aromatic N) is 1. The first-order chi connectivity index (χ1) is 7.74. The minimum absolute atomic E-state index is 0.322. The summed E-state index contributed by atoms with van der Waals surface area (Å²) in [5, 5.41) is 3.80. The number of anilines is 1. The fraction of sp³-hybridized carbons (Fsp3) is 0.300. The number of nitrogens with two attached hydrogens (primary N) is 1. The summed E-state index contributed by atoms with van der Waals surface area (Å²) in [6, 6.07) is 1.87. The Morgan fingerprint density at radius 3 is 3.19 bits per heavy atom. The Morgan fingerprint density at radius 2 is 2.56 bits per heavy atom. The highest BCUT2D eigenvalue weighted by molar-refractivity contribution is 7.08. The van der Waals surface area contributed by atoms with Crippen LogP contribution in [0.25, 0.3) is 0 Å². The highest BCUT2D eigenvalue weighted by Gasteiger charge is 2.31. The van der Waals surface area contributed by atoms with Gasteiger partial charge in [-0.15, -0.1) is 0 Å². The third-order valence-corrected chi connectivity index (χ3v) is 2.77. The molecule has 5 nitrogen and oxygen atoms in total. The molecule has 1 unspecified atom stereocenters. The molecule has 0 amide bonds. The number of hydrogen-bond donors (Lipinski definition) is 1. The van der Waals surface area contributed by atoms with E-state index in [1.807, 2.05) is 16.8 Å². The SMILES string of the molecule is CCOC(=O)C1=COC(N)N1c1ccsc1. The van der Waals surface area contributed by atoms with Gasteiger partial charge in [0.05, 0.1) is 12.3 Å². The fourth-order valence-electron chi connectivity index (χ4n) is 1.42. The maximum atomic E-state index is 11.6. The van der Waals surface area contributed by atoms with Gasteiger partial charge in [0.15, 0.2) is 5.70 Å². The molecule has 1 atom stereocenters. The number of hydrogen-bond acceptors (Lipinski definition) is 6. The van der Waals surface area contributed by atoms with E-state index < -0.39 is 12.3 Å². The summed E-state index contributed by atoms with van der Waals surface area (Å²) in [6.07, 6.45) is 0.661. The van der Waals surface area contributed by atoms with Crippen molar-refractivity contribution in [2.75, 3.05) is 11.5 Å². The van der Waals surface area contributed by atoms with Crippen LogP contribution in [0, 0.1) is 0 Å². The Hall–Kier alpha value is -1.53. The minimum Gasteiger partial charge on any atom is -0.462 e. The normalized spacial score (nSPS) is 19.2. The molecule has 16 heavy (non-hydrogen) atoms. The lowest BCUT2D eigenvalue weighted by Crippen LogP contribution is -2.40. The van der Waals surface area contributed by atoms with Crippen molar-refractivity contribution in [2.24, 2.45) is 5.73 Å². The standard InChI is InChI=1S/C10H12N2O3S/c1-2-14-9(13)8-5-15-10(11)12(8)7-3-4-16-6-7/h3-6,10H,2,11H2,1H3. The van der Waals surface area contributed by atoms with Gasteiger partial charge >= 0.3 is 5.97 Å². The van der Waals surface area contributed by atoms with Crippen LogP contribution in [0.4, 0.5) is 5.69 Å². The molecule has 1 aliphatic heterocycles. The molecule has 0 bridgehead atoms. The van der Waals surface area contributed by atoms with Crippen LogP contribution in [0.3, 0.4) is 0 Å². The molecule has 0 aromatic carbocycles. The van der Waals surface area contributed by atoms with Gasteiger partial charge in [0.25, 0.3) is 0 Å². The number of ether oxygens (including phenoxy) is 2. The molecule has 0 aliphatic carbocycles. The molecule has 6 heteroatoms. The highest BCUT2D eigenvalue weighted by Crippen LogP contribution is 2.28. The van der Waals surface area contributed by atoms with Crippen molar-refractivity contribution >= 4 is 23.0 Å². The van der Waals surface area contributed by atoms with E-state index in [0.29, 0.717) is 12.3 Å². The van der Waals surface area contributed by atoms with Crippen LogP contribution in [0.15, 0.2) is 28.8 Å². The zero-order chi connectivity index (χ0) is 11.5. The van der Waals surface area contributed by atoms with Gasteiger partial charge in [-0.3, -0.25) is 10.6 Å². The first kappa shape index (κ1) is 11.0. The molecule has 1 aromatic rings. The Morgan fingerprint density at radius 1 is 1.75 bits per heavy atom. The summed E-state index contributed by atoms with van der Waals surface area (Å²) in [4.78, 5) is 13.2. The van der Waals surface area contributed by atoms with Gasteiger partial charge in [0.1, 0.15) is 6.26 Å². The molecule has 0 spiro atoms. The molecule has 0 radical (unpaired) electrons. The molecular formula is C10H12N2O3S. The van der Waals surface area contributed by atoms with Crippen molar-refractivity contribution in [3.8, 4) is 0 Å². The van der Waals surface area contributed by atoms with E-state index in [-0.39, 0.29) is 0 Å². The Balaban J connectivity index is 2.22. The van der Waals surface area contributed by atoms with Gasteiger partial charge in [0, 0.05) is 5.38 Å². The molecule has 2 rings (SSSR count). The third kappa shape index (κ3) is 1.89. The molecule has 0 saturated carbocycles. The van der Waals surface area contributed by atoms with Gasteiger partial charge in [-0.2, -0.15) is 11.3 Å². The van der Waals surface area contributed by atoms with Crippen molar-refractivity contribution in [3.05, 3.63) is 28.8 Å². The lowest BCUT2D eigenvalue weighted by molar-refractivity contribution is -0.138. The van der Waals surface area contributed by atoms with Crippen LogP contribution in [-0.4, -0.2) is 18.9 Å². The van der Waals surface area contributed by atoms with Crippen LogP contribution >= 0.6 is 11.3 Å². The summed E-state index contributed by atoms with van der Waals surface area (Å²) < 4.78 is 10.0. The van der Waals surface area contributed by atoms with E-state index in [1.165, 1.54) is 17.6 Å². The van der Waals surface area contributed by atoms with Crippen LogP contribution in [0.1, 0.15) is 6.92 Å². The number of rotatable bonds is 3. The minimum atomic E-state index is -0.672. The smallest absolute Gasteiger partial charge is 0.358 e. The average Bonchev–Trinajstić information content (AvgIpc) is 2.86. The van der Waals surface area contributed by atoms with E-state index in [4.69, 9.17) is 15.2 Å². The van der Waals surface area contributed by atoms with E-state index in [2.05, 4.69) is 0 Å². The second kappa shape index (κ2) is 4.54. The van der Waals surface area contributed by atoms with Crippen molar-refractivity contribution < 1.29 is 14.3 Å². The second-order valence-corrected chi connectivity index (χ2v) is 3.88. The van der Waals surface area contributed by atoms with E-state index in [0.717, 1.165) is 5.69 Å². The van der Waals surface area contributed by atoms with Crippen molar-refractivity contribution in [1.29, 1.82) is 0 Å². The van der Waals surface area contributed by atoms with Crippen LogP contribution in [0.5, 0.6) is 0 Å². The largest absolute Gasteiger partial charge is 0.462 e. The molecule has 0 saturated heterocycles. The fourth-order valence-corrected chi connectivity index (χ4v) is 2.05. The van der Waals surface area contributed by atoms with Crippen LogP contribution < -0.4 is 10.6 Å². The molecule has 1 aliphatic rings. The van der Waals surface area contributed by atoms with E-state index >= 15 is 0 Å². The average molecular weight is 240 g/mol. The summed E-state index contributed by atoms with van der Waals surface area (Å²) in [6.45, 7) is 2.08. The van der Waals surface area contributed by atoms with E-state index in [1.54, 1.807) is 11.8 Å². The zero-order valence-corrected chi connectivity index (χ0v) is 9.57. The topological polar surface area (TPSA) is 64.8 Å². The van der Waals surface area contributed by atoms with Gasteiger partial charge in [-0.1, -0.05) is 0 Å². The number of esters is 1. The molecule has 2 N–H and O–H groups in total. The molecule has 2 heterocycles. The Kier molecular flexibility index (Phi) is 3.12. The maximum Gasteiger partial charge on any atom is 0.358 e. The first-order valence-corrected chi connectivity index (χ1v) is 5.78. The third-order valence-electron chi connectivity index (χ3n) is 2.10. The second-order valence-electron chi connectivity index (χ2n) is 3.10. The maximum absolute atomic E-state index is 11.6.